The van der Waals surface area contributed by atoms with Crippen LogP contribution in [0.2, 0.25) is 0 Å². The molecule has 158 valence electrons. The molecule has 0 saturated carbocycles. The van der Waals surface area contributed by atoms with Gasteiger partial charge >= 0.3 is 11.9 Å². The van der Waals surface area contributed by atoms with Crippen molar-refractivity contribution in [2.45, 2.75) is 26.3 Å². The molecule has 0 spiro atoms. The summed E-state index contributed by atoms with van der Waals surface area (Å²) in [5, 5.41) is 4.05. The lowest BCUT2D eigenvalue weighted by atomic mass is 9.94. The van der Waals surface area contributed by atoms with Crippen LogP contribution >= 0.6 is 0 Å². The van der Waals surface area contributed by atoms with Crippen LogP contribution < -0.4 is 9.47 Å². The molecule has 9 heteroatoms. The van der Waals surface area contributed by atoms with Gasteiger partial charge in [-0.05, 0) is 30.7 Å². The summed E-state index contributed by atoms with van der Waals surface area (Å²) in [6.45, 7) is 2.67. The number of rotatable bonds is 6. The molecule has 1 aromatic carbocycles. The third kappa shape index (κ3) is 3.41. The minimum absolute atomic E-state index is 0.0797. The van der Waals surface area contributed by atoms with Gasteiger partial charge in [0.05, 0.1) is 6.54 Å². The highest BCUT2D eigenvalue weighted by molar-refractivity contribution is 6.16. The normalized spacial score (nSPS) is 19.4. The van der Waals surface area contributed by atoms with Crippen molar-refractivity contribution in [1.82, 2.24) is 15.0 Å². The van der Waals surface area contributed by atoms with Crippen molar-refractivity contribution in [1.29, 1.82) is 0 Å². The number of aromatic nitrogens is 2. The van der Waals surface area contributed by atoms with Crippen molar-refractivity contribution in [3.8, 4) is 22.9 Å². The zero-order valence-electron chi connectivity index (χ0n) is 17.0. The molecule has 2 aromatic rings. The number of unbranched alkanes of at least 4 members (excludes halogenated alkanes) is 1. The van der Waals surface area contributed by atoms with Gasteiger partial charge in [-0.3, -0.25) is 0 Å². The van der Waals surface area contributed by atoms with Crippen LogP contribution in [0.25, 0.3) is 11.4 Å². The molecule has 9 nitrogen and oxygen atoms in total. The summed E-state index contributed by atoms with van der Waals surface area (Å²) in [5.74, 6) is 1.27. The number of amides is 3. The summed E-state index contributed by atoms with van der Waals surface area (Å²) in [7, 11) is 0. The van der Waals surface area contributed by atoms with E-state index in [1.807, 2.05) is 31.2 Å². The van der Waals surface area contributed by atoms with Crippen molar-refractivity contribution >= 4 is 17.6 Å². The molecule has 1 aromatic heterocycles. The van der Waals surface area contributed by atoms with Gasteiger partial charge < -0.3 is 14.0 Å². The summed E-state index contributed by atoms with van der Waals surface area (Å²) >= 11 is 0. The smallest absolute Gasteiger partial charge is 0.454 e. The first-order valence-corrected chi connectivity index (χ1v) is 10.2. The molecule has 0 saturated heterocycles. The molecule has 5 rings (SSSR count). The van der Waals surface area contributed by atoms with E-state index in [1.165, 1.54) is 4.90 Å². The highest BCUT2D eigenvalue weighted by Crippen LogP contribution is 2.35. The van der Waals surface area contributed by atoms with Crippen LogP contribution in [0.4, 0.5) is 4.79 Å². The van der Waals surface area contributed by atoms with Gasteiger partial charge in [0, 0.05) is 5.56 Å². The Morgan fingerprint density at radius 1 is 1.19 bits per heavy atom. The van der Waals surface area contributed by atoms with Crippen LogP contribution in [0, 0.1) is 5.92 Å². The summed E-state index contributed by atoms with van der Waals surface area (Å²) < 4.78 is 17.7. The van der Waals surface area contributed by atoms with Crippen molar-refractivity contribution in [2.24, 2.45) is 5.92 Å². The van der Waals surface area contributed by atoms with E-state index in [0.717, 1.165) is 18.4 Å². The molecule has 0 radical (unpaired) electrons. The molecule has 3 aliphatic rings. The fourth-order valence-corrected chi connectivity index (χ4v) is 3.80. The van der Waals surface area contributed by atoms with Gasteiger partial charge in [-0.2, -0.15) is 19.3 Å². The van der Waals surface area contributed by atoms with E-state index < -0.39 is 5.92 Å². The number of hydrogen-bond donors (Lipinski definition) is 0. The molecule has 0 fully saturated rings. The number of nitrogens with zero attached hydrogens (tertiary/aromatic N) is 4. The Hall–Kier alpha value is -3.75. The van der Waals surface area contributed by atoms with Crippen molar-refractivity contribution in [3.63, 3.8) is 0 Å². The number of hydrogen-bond acceptors (Lipinski definition) is 7. The maximum absolute atomic E-state index is 13.1. The average molecular weight is 421 g/mol. The summed E-state index contributed by atoms with van der Waals surface area (Å²) in [4.78, 5) is 31.8. The second kappa shape index (κ2) is 7.82. The number of ether oxygens (including phenoxy) is 2. The Kier molecular flexibility index (Phi) is 4.85. The van der Waals surface area contributed by atoms with Gasteiger partial charge in [-0.15, -0.1) is 0 Å². The number of allylic oxidation sites excluding steroid dienone is 3. The molecular formula is C22H21N4O5+. The van der Waals surface area contributed by atoms with Crippen LogP contribution in [-0.2, 0) is 11.3 Å². The minimum atomic E-state index is -0.490. The van der Waals surface area contributed by atoms with E-state index in [4.69, 9.17) is 14.0 Å². The van der Waals surface area contributed by atoms with Crippen LogP contribution in [0.5, 0.6) is 11.5 Å². The Balaban J connectivity index is 1.44. The predicted octanol–water partition coefficient (Wildman–Crippen LogP) is 2.92. The van der Waals surface area contributed by atoms with Crippen LogP contribution in [0.15, 0.2) is 47.0 Å². The predicted molar refractivity (Wildman–Crippen MR) is 109 cm³/mol. The van der Waals surface area contributed by atoms with Crippen LogP contribution in [0.1, 0.15) is 25.7 Å². The highest BCUT2D eigenvalue weighted by Gasteiger charge is 2.46. The number of imide groups is 1. The lowest BCUT2D eigenvalue weighted by Crippen LogP contribution is -2.54. The molecule has 0 bridgehead atoms. The Bertz CT molecular complexity index is 1150. The molecule has 3 heterocycles. The quantitative estimate of drug-likeness (QED) is 0.662. The lowest BCUT2D eigenvalue weighted by molar-refractivity contribution is -0.460. The second-order valence-corrected chi connectivity index (χ2v) is 7.44. The third-order valence-electron chi connectivity index (χ3n) is 5.43. The largest absolute Gasteiger partial charge is 0.501 e. The SMILES string of the molecule is CCCCN1C(=O)C2C=CC=CC2=[N+](Cc2nc(-c3ccc4c(c3)OCO4)no2)C1=O. The Morgan fingerprint density at radius 3 is 2.94 bits per heavy atom. The number of carbonyl (C=O) groups is 2. The number of benzene rings is 1. The first-order valence-electron chi connectivity index (χ1n) is 10.2. The maximum Gasteiger partial charge on any atom is 0.501 e. The number of urea groups is 1. The summed E-state index contributed by atoms with van der Waals surface area (Å²) in [6.07, 6.45) is 8.86. The van der Waals surface area contributed by atoms with Gasteiger partial charge in [0.25, 0.3) is 5.89 Å². The fourth-order valence-electron chi connectivity index (χ4n) is 3.80. The van der Waals surface area contributed by atoms with Gasteiger partial charge in [0.1, 0.15) is 11.6 Å². The Morgan fingerprint density at radius 2 is 2.06 bits per heavy atom. The number of fused-ring (bicyclic) bond motifs is 2. The van der Waals surface area contributed by atoms with Gasteiger partial charge in [-0.1, -0.05) is 36.7 Å². The number of carbonyl (C=O) groups excluding carboxylic acids is 2. The standard InChI is InChI=1S/C22H21N4O5/c1-2-3-10-25-21(27)15-6-4-5-7-16(15)26(22(25)28)12-19-23-20(24-31-19)14-8-9-17-18(11-14)30-13-29-17/h4-9,11,15H,2-3,10,12-13H2,1H3/q+1. The molecule has 1 unspecified atom stereocenters. The van der Waals surface area contributed by atoms with E-state index in [2.05, 4.69) is 10.1 Å². The fraction of sp³-hybridized carbons (Fsp3) is 0.318. The van der Waals surface area contributed by atoms with Crippen molar-refractivity contribution in [2.75, 3.05) is 13.3 Å². The van der Waals surface area contributed by atoms with E-state index in [-0.39, 0.29) is 31.2 Å². The molecule has 0 N–H and O–H groups in total. The van der Waals surface area contributed by atoms with Crippen LogP contribution in [-0.4, -0.2) is 50.6 Å². The van der Waals surface area contributed by atoms with E-state index in [9.17, 15) is 9.59 Å². The third-order valence-corrected chi connectivity index (χ3v) is 5.43. The van der Waals surface area contributed by atoms with Crippen molar-refractivity contribution < 1.29 is 28.2 Å². The minimum Gasteiger partial charge on any atom is -0.454 e. The van der Waals surface area contributed by atoms with Gasteiger partial charge in [0.2, 0.25) is 12.6 Å². The molecule has 1 aliphatic carbocycles. The van der Waals surface area contributed by atoms with Gasteiger partial charge in [0.15, 0.2) is 18.0 Å². The van der Waals surface area contributed by atoms with Gasteiger partial charge in [-0.25, -0.2) is 4.79 Å². The topological polar surface area (TPSA) is 97.8 Å². The molecule has 31 heavy (non-hydrogen) atoms. The zero-order chi connectivity index (χ0) is 21.4. The summed E-state index contributed by atoms with van der Waals surface area (Å²) in [6, 6.07) is 5.03. The van der Waals surface area contributed by atoms with E-state index >= 15 is 0 Å². The summed E-state index contributed by atoms with van der Waals surface area (Å²) in [5.41, 5.74) is 1.34. The molecule has 3 amide bonds. The Labute approximate surface area is 178 Å². The molecule has 1 atom stereocenters. The van der Waals surface area contributed by atoms with E-state index in [0.29, 0.717) is 29.6 Å². The first-order chi connectivity index (χ1) is 15.2. The molecule has 2 aliphatic heterocycles. The second-order valence-electron chi connectivity index (χ2n) is 7.44. The average Bonchev–Trinajstić information content (AvgIpc) is 3.45. The first kappa shape index (κ1) is 19.2. The lowest BCUT2D eigenvalue weighted by Gasteiger charge is -2.26. The monoisotopic (exact) mass is 421 g/mol. The highest BCUT2D eigenvalue weighted by atomic mass is 16.7. The zero-order valence-corrected chi connectivity index (χ0v) is 17.0. The van der Waals surface area contributed by atoms with Crippen molar-refractivity contribution in [3.05, 3.63) is 48.4 Å². The maximum atomic E-state index is 13.1. The molecular weight excluding hydrogens is 400 g/mol. The van der Waals surface area contributed by atoms with E-state index in [1.54, 1.807) is 22.8 Å². The van der Waals surface area contributed by atoms with Crippen LogP contribution in [0.3, 0.4) is 0 Å².